The predicted molar refractivity (Wildman–Crippen MR) is 90.4 cm³/mol. The van der Waals surface area contributed by atoms with Crippen LogP contribution < -0.4 is 5.32 Å². The number of nitrogens with zero attached hydrogens (tertiary/aromatic N) is 2. The number of rotatable bonds is 5. The number of carbonyl (C=O) groups is 1. The fourth-order valence-electron chi connectivity index (χ4n) is 3.04. The van der Waals surface area contributed by atoms with Crippen LogP contribution in [0, 0.1) is 13.8 Å². The van der Waals surface area contributed by atoms with E-state index >= 15 is 0 Å². The Labute approximate surface area is 140 Å². The van der Waals surface area contributed by atoms with Gasteiger partial charge in [-0.1, -0.05) is 11.2 Å². The van der Waals surface area contributed by atoms with Crippen molar-refractivity contribution in [1.82, 2.24) is 15.4 Å². The van der Waals surface area contributed by atoms with Crippen LogP contribution in [0.4, 0.5) is 0 Å². The lowest BCUT2D eigenvalue weighted by atomic mass is 10.0. The Kier molecular flexibility index (Phi) is 5.13. The second-order valence-electron chi connectivity index (χ2n) is 6.18. The van der Waals surface area contributed by atoms with Crippen LogP contribution >= 0.6 is 11.3 Å². The molecule has 0 bridgehead atoms. The fourth-order valence-corrected chi connectivity index (χ4v) is 3.74. The summed E-state index contributed by atoms with van der Waals surface area (Å²) in [5.41, 5.74) is 2.18. The molecule has 5 nitrogen and oxygen atoms in total. The van der Waals surface area contributed by atoms with Gasteiger partial charge in [-0.3, -0.25) is 9.69 Å². The van der Waals surface area contributed by atoms with E-state index in [0.29, 0.717) is 12.5 Å². The molecule has 1 fully saturated rings. The van der Waals surface area contributed by atoms with Crippen molar-refractivity contribution in [2.45, 2.75) is 45.7 Å². The van der Waals surface area contributed by atoms with Crippen molar-refractivity contribution in [3.8, 4) is 0 Å². The topological polar surface area (TPSA) is 58.4 Å². The zero-order chi connectivity index (χ0) is 16.2. The molecule has 2 aromatic heterocycles. The van der Waals surface area contributed by atoms with Gasteiger partial charge in [0.25, 0.3) is 0 Å². The van der Waals surface area contributed by atoms with Gasteiger partial charge in [0.1, 0.15) is 5.76 Å². The summed E-state index contributed by atoms with van der Waals surface area (Å²) in [5.74, 6) is 1.05. The van der Waals surface area contributed by atoms with Crippen LogP contribution in [0.5, 0.6) is 0 Å². The first kappa shape index (κ1) is 16.2. The monoisotopic (exact) mass is 333 g/mol. The molecule has 0 atom stereocenters. The molecule has 1 N–H and O–H groups in total. The number of carbonyl (C=O) groups excluding carboxylic acids is 1. The number of likely N-dealkylation sites (tertiary alicyclic amines) is 1. The second-order valence-corrected chi connectivity index (χ2v) is 7.21. The van der Waals surface area contributed by atoms with Gasteiger partial charge < -0.3 is 9.84 Å². The van der Waals surface area contributed by atoms with E-state index in [9.17, 15) is 4.79 Å². The maximum absolute atomic E-state index is 12.1. The van der Waals surface area contributed by atoms with E-state index in [1.807, 2.05) is 31.4 Å². The first-order chi connectivity index (χ1) is 11.1. The molecule has 0 radical (unpaired) electrons. The highest BCUT2D eigenvalue weighted by Gasteiger charge is 2.22. The fraction of sp³-hybridized carbons (Fsp3) is 0.529. The highest BCUT2D eigenvalue weighted by atomic mass is 32.1. The zero-order valence-electron chi connectivity index (χ0n) is 13.7. The van der Waals surface area contributed by atoms with Gasteiger partial charge in [-0.2, -0.15) is 0 Å². The number of amides is 1. The maximum Gasteiger partial charge on any atom is 0.225 e. The van der Waals surface area contributed by atoms with Crippen LogP contribution in [0.1, 0.15) is 34.7 Å². The lowest BCUT2D eigenvalue weighted by Gasteiger charge is -2.32. The van der Waals surface area contributed by atoms with Crippen LogP contribution in [-0.4, -0.2) is 35.1 Å². The summed E-state index contributed by atoms with van der Waals surface area (Å²) in [6, 6.07) is 4.29. The SMILES string of the molecule is Cc1noc(C)c1CN1CCC(NC(=O)Cc2cccs2)CC1. The van der Waals surface area contributed by atoms with Gasteiger partial charge in [0.2, 0.25) is 5.91 Å². The second kappa shape index (κ2) is 7.27. The molecule has 6 heteroatoms. The average molecular weight is 333 g/mol. The quantitative estimate of drug-likeness (QED) is 0.914. The van der Waals surface area contributed by atoms with Crippen LogP contribution in [0.25, 0.3) is 0 Å². The minimum absolute atomic E-state index is 0.136. The Morgan fingerprint density at radius 2 is 2.22 bits per heavy atom. The minimum atomic E-state index is 0.136. The van der Waals surface area contributed by atoms with Crippen LogP contribution in [0.15, 0.2) is 22.0 Å². The van der Waals surface area contributed by atoms with Gasteiger partial charge in [0.05, 0.1) is 12.1 Å². The Bertz CT molecular complexity index is 623. The third-order valence-electron chi connectivity index (χ3n) is 4.43. The number of hydrogen-bond acceptors (Lipinski definition) is 5. The largest absolute Gasteiger partial charge is 0.361 e. The molecule has 0 aliphatic carbocycles. The van der Waals surface area contributed by atoms with Crippen LogP contribution in [0.2, 0.25) is 0 Å². The van der Waals surface area contributed by atoms with Gasteiger partial charge in [0, 0.05) is 36.1 Å². The molecule has 2 aromatic rings. The number of nitrogens with one attached hydrogen (secondary N) is 1. The van der Waals surface area contributed by atoms with E-state index in [4.69, 9.17) is 4.52 Å². The molecule has 0 spiro atoms. The molecule has 1 aliphatic rings. The summed E-state index contributed by atoms with van der Waals surface area (Å²) in [7, 11) is 0. The molecule has 1 aliphatic heterocycles. The van der Waals surface area contributed by atoms with E-state index in [-0.39, 0.29) is 5.91 Å². The van der Waals surface area contributed by atoms with Gasteiger partial charge in [-0.15, -0.1) is 11.3 Å². The third kappa shape index (κ3) is 4.20. The van der Waals surface area contributed by atoms with Crippen molar-refractivity contribution >= 4 is 17.2 Å². The van der Waals surface area contributed by atoms with E-state index in [1.165, 1.54) is 5.56 Å². The lowest BCUT2D eigenvalue weighted by Crippen LogP contribution is -2.44. The summed E-state index contributed by atoms with van der Waals surface area (Å²) in [6.07, 6.45) is 2.50. The van der Waals surface area contributed by atoms with Crippen molar-refractivity contribution < 1.29 is 9.32 Å². The van der Waals surface area contributed by atoms with E-state index < -0.39 is 0 Å². The van der Waals surface area contributed by atoms with Gasteiger partial charge in [-0.25, -0.2) is 0 Å². The van der Waals surface area contributed by atoms with Gasteiger partial charge in [0.15, 0.2) is 0 Å². The number of aryl methyl sites for hydroxylation is 2. The highest BCUT2D eigenvalue weighted by Crippen LogP contribution is 2.19. The molecule has 3 heterocycles. The molecule has 0 saturated carbocycles. The molecular weight excluding hydrogens is 310 g/mol. The Morgan fingerprint density at radius 1 is 1.43 bits per heavy atom. The Balaban J connectivity index is 1.44. The normalized spacial score (nSPS) is 16.6. The zero-order valence-corrected chi connectivity index (χ0v) is 14.5. The number of aromatic nitrogens is 1. The Hall–Kier alpha value is -1.66. The lowest BCUT2D eigenvalue weighted by molar-refractivity contribution is -0.121. The summed E-state index contributed by atoms with van der Waals surface area (Å²) < 4.78 is 5.23. The predicted octanol–water partition coefficient (Wildman–Crippen LogP) is 2.68. The molecule has 0 aromatic carbocycles. The average Bonchev–Trinajstić information content (AvgIpc) is 3.14. The van der Waals surface area contributed by atoms with Crippen LogP contribution in [0.3, 0.4) is 0 Å². The summed E-state index contributed by atoms with van der Waals surface area (Å²) in [5, 5.41) is 9.19. The van der Waals surface area contributed by atoms with Crippen molar-refractivity contribution in [2.75, 3.05) is 13.1 Å². The van der Waals surface area contributed by atoms with Crippen molar-refractivity contribution in [3.05, 3.63) is 39.4 Å². The molecule has 1 amide bonds. The maximum atomic E-state index is 12.1. The van der Waals surface area contributed by atoms with Crippen LogP contribution in [-0.2, 0) is 17.8 Å². The molecule has 1 saturated heterocycles. The standard InChI is InChI=1S/C17H23N3O2S/c1-12-16(13(2)22-19-12)11-20-7-5-14(6-8-20)18-17(21)10-15-4-3-9-23-15/h3-4,9,14H,5-8,10-11H2,1-2H3,(H,18,21). The van der Waals surface area contributed by atoms with E-state index in [0.717, 1.165) is 48.8 Å². The molecule has 0 unspecified atom stereocenters. The third-order valence-corrected chi connectivity index (χ3v) is 5.31. The first-order valence-electron chi connectivity index (χ1n) is 8.07. The van der Waals surface area contributed by atoms with E-state index in [1.54, 1.807) is 11.3 Å². The van der Waals surface area contributed by atoms with Crippen molar-refractivity contribution in [1.29, 1.82) is 0 Å². The van der Waals surface area contributed by atoms with Crippen molar-refractivity contribution in [3.63, 3.8) is 0 Å². The number of piperidine rings is 1. The minimum Gasteiger partial charge on any atom is -0.361 e. The smallest absolute Gasteiger partial charge is 0.225 e. The number of hydrogen-bond donors (Lipinski definition) is 1. The molecule has 124 valence electrons. The van der Waals surface area contributed by atoms with E-state index in [2.05, 4.69) is 15.4 Å². The summed E-state index contributed by atoms with van der Waals surface area (Å²) in [6.45, 7) is 6.83. The summed E-state index contributed by atoms with van der Waals surface area (Å²) in [4.78, 5) is 15.6. The number of thiophene rings is 1. The Morgan fingerprint density at radius 3 is 2.83 bits per heavy atom. The molecule has 23 heavy (non-hydrogen) atoms. The first-order valence-corrected chi connectivity index (χ1v) is 8.95. The van der Waals surface area contributed by atoms with Gasteiger partial charge in [-0.05, 0) is 38.1 Å². The van der Waals surface area contributed by atoms with Gasteiger partial charge >= 0.3 is 0 Å². The van der Waals surface area contributed by atoms with Crippen molar-refractivity contribution in [2.24, 2.45) is 0 Å². The highest BCUT2D eigenvalue weighted by molar-refractivity contribution is 7.10. The molecular formula is C17H23N3O2S. The molecule has 3 rings (SSSR count). The summed E-state index contributed by atoms with van der Waals surface area (Å²) >= 11 is 1.63.